The maximum absolute atomic E-state index is 6.31. The van der Waals surface area contributed by atoms with Crippen molar-refractivity contribution in [3.8, 4) is 39.1 Å². The lowest BCUT2D eigenvalue weighted by Gasteiger charge is -2.29. The lowest BCUT2D eigenvalue weighted by atomic mass is 9.78. The second-order valence-corrected chi connectivity index (χ2v) is 16.5. The smallest absolute Gasteiger partial charge is 0.135 e. The van der Waals surface area contributed by atoms with E-state index in [1.807, 2.05) is 12.1 Å². The van der Waals surface area contributed by atoms with Gasteiger partial charge in [0, 0.05) is 55.3 Å². The van der Waals surface area contributed by atoms with Crippen LogP contribution in [-0.4, -0.2) is 4.57 Å². The number of aromatic nitrogens is 1. The summed E-state index contributed by atoms with van der Waals surface area (Å²) in [4.78, 5) is 2.41. The molecule has 0 radical (unpaired) electrons. The summed E-state index contributed by atoms with van der Waals surface area (Å²) in [6, 6.07) is 74.9. The minimum Gasteiger partial charge on any atom is -0.456 e. The zero-order chi connectivity index (χ0) is 40.0. The van der Waals surface area contributed by atoms with Crippen LogP contribution < -0.4 is 4.90 Å². The molecular weight excluding hydrogens is 729 g/mol. The van der Waals surface area contributed by atoms with Crippen LogP contribution >= 0.6 is 0 Å². The molecule has 0 unspecified atom stereocenters. The molecule has 2 heterocycles. The molecule has 0 atom stereocenters. The van der Waals surface area contributed by atoms with Crippen LogP contribution in [0.5, 0.6) is 0 Å². The van der Waals surface area contributed by atoms with Crippen LogP contribution in [-0.2, 0) is 5.41 Å². The van der Waals surface area contributed by atoms with Gasteiger partial charge in [-0.3, -0.25) is 0 Å². The molecule has 284 valence electrons. The van der Waals surface area contributed by atoms with E-state index < -0.39 is 0 Å². The molecule has 11 aromatic rings. The van der Waals surface area contributed by atoms with Gasteiger partial charge >= 0.3 is 0 Å². The van der Waals surface area contributed by atoms with Gasteiger partial charge in [-0.2, -0.15) is 0 Å². The monoisotopic (exact) mass is 768 g/mol. The van der Waals surface area contributed by atoms with Crippen LogP contribution in [0.1, 0.15) is 25.0 Å². The summed E-state index contributed by atoms with van der Waals surface area (Å²) in [6.45, 7) is 4.78. The normalized spacial score (nSPS) is 13.0. The molecule has 0 N–H and O–H groups in total. The summed E-state index contributed by atoms with van der Waals surface area (Å²) in [5.41, 5.74) is 18.5. The first kappa shape index (κ1) is 34.4. The van der Waals surface area contributed by atoms with Gasteiger partial charge in [-0.25, -0.2) is 0 Å². The van der Waals surface area contributed by atoms with Crippen LogP contribution in [0.25, 0.3) is 82.8 Å². The molecule has 0 saturated heterocycles. The Morgan fingerprint density at radius 2 is 1.08 bits per heavy atom. The average Bonchev–Trinajstić information content (AvgIpc) is 3.92. The summed E-state index contributed by atoms with van der Waals surface area (Å²) < 4.78 is 8.75. The number of hydrogen-bond donors (Lipinski definition) is 0. The maximum Gasteiger partial charge on any atom is 0.135 e. The Balaban J connectivity index is 1.14. The Bertz CT molecular complexity index is 3450. The van der Waals surface area contributed by atoms with Gasteiger partial charge in [-0.05, 0) is 112 Å². The van der Waals surface area contributed by atoms with Crippen molar-refractivity contribution in [1.29, 1.82) is 0 Å². The summed E-state index contributed by atoms with van der Waals surface area (Å²) in [6.07, 6.45) is 0. The van der Waals surface area contributed by atoms with E-state index >= 15 is 0 Å². The number of furan rings is 1. The van der Waals surface area contributed by atoms with Gasteiger partial charge in [0.2, 0.25) is 0 Å². The zero-order valence-corrected chi connectivity index (χ0v) is 33.4. The number of rotatable bonds is 6. The lowest BCUT2D eigenvalue weighted by Crippen LogP contribution is -2.17. The van der Waals surface area contributed by atoms with E-state index in [0.717, 1.165) is 44.7 Å². The number of benzene rings is 9. The van der Waals surface area contributed by atoms with Gasteiger partial charge < -0.3 is 13.9 Å². The van der Waals surface area contributed by atoms with E-state index in [4.69, 9.17) is 4.42 Å². The first-order valence-electron chi connectivity index (χ1n) is 20.8. The molecule has 0 spiro atoms. The van der Waals surface area contributed by atoms with E-state index in [-0.39, 0.29) is 5.41 Å². The topological polar surface area (TPSA) is 21.3 Å². The van der Waals surface area contributed by atoms with Crippen molar-refractivity contribution in [2.75, 3.05) is 4.90 Å². The summed E-state index contributed by atoms with van der Waals surface area (Å²) in [5, 5.41) is 4.69. The van der Waals surface area contributed by atoms with Crippen molar-refractivity contribution in [3.63, 3.8) is 0 Å². The fourth-order valence-electron chi connectivity index (χ4n) is 10.1. The number of hydrogen-bond acceptors (Lipinski definition) is 2. The van der Waals surface area contributed by atoms with E-state index in [2.05, 4.69) is 217 Å². The fourth-order valence-corrected chi connectivity index (χ4v) is 10.1. The molecule has 1 aliphatic rings. The first-order chi connectivity index (χ1) is 29.5. The van der Waals surface area contributed by atoms with Gasteiger partial charge in [0.1, 0.15) is 11.2 Å². The Labute approximate surface area is 349 Å². The van der Waals surface area contributed by atoms with E-state index in [9.17, 15) is 0 Å². The molecule has 1 aliphatic carbocycles. The number of fused-ring (bicyclic) bond motifs is 9. The molecule has 0 amide bonds. The van der Waals surface area contributed by atoms with Crippen LogP contribution in [0.15, 0.2) is 211 Å². The molecule has 3 heteroatoms. The second kappa shape index (κ2) is 13.2. The van der Waals surface area contributed by atoms with E-state index in [0.29, 0.717) is 0 Å². The highest BCUT2D eigenvalue weighted by Gasteiger charge is 2.38. The van der Waals surface area contributed by atoms with Crippen molar-refractivity contribution >= 4 is 60.8 Å². The minimum absolute atomic E-state index is 0.223. The standard InChI is InChI=1S/C57H40N2O/c1-57(2)51-27-14-12-23-44(51)50-36-42(58(39-19-8-4-9-20-39)41-30-32-54-49(34-41)45-24-13-15-28-53(45)60-54)35-47(55(50)57)38-29-31-52-48(33-38)46-26-16-25-43(37-17-6-3-7-18-37)56(46)59(52)40-21-10-5-11-22-40/h3-36H,1-2H3. The Morgan fingerprint density at radius 3 is 1.92 bits per heavy atom. The van der Waals surface area contributed by atoms with Gasteiger partial charge in [0.05, 0.1) is 11.0 Å². The zero-order valence-electron chi connectivity index (χ0n) is 33.4. The van der Waals surface area contributed by atoms with Crippen LogP contribution in [0.4, 0.5) is 17.1 Å². The molecule has 0 aliphatic heterocycles. The quantitative estimate of drug-likeness (QED) is 0.168. The van der Waals surface area contributed by atoms with Gasteiger partial charge in [0.25, 0.3) is 0 Å². The Morgan fingerprint density at radius 1 is 0.417 bits per heavy atom. The van der Waals surface area contributed by atoms with Gasteiger partial charge in [-0.1, -0.05) is 147 Å². The Kier molecular flexibility index (Phi) is 7.58. The van der Waals surface area contributed by atoms with Crippen molar-refractivity contribution in [2.24, 2.45) is 0 Å². The molecular formula is C57H40N2O. The SMILES string of the molecule is CC1(C)c2ccccc2-c2cc(N(c3ccccc3)c3ccc4oc5ccccc5c4c3)cc(-c3ccc4c(c3)c3cccc(-c5ccccc5)c3n4-c3ccccc3)c21. The molecule has 9 aromatic carbocycles. The maximum atomic E-state index is 6.31. The number of nitrogens with zero attached hydrogens (tertiary/aromatic N) is 2. The average molecular weight is 769 g/mol. The molecule has 0 bridgehead atoms. The van der Waals surface area contributed by atoms with Gasteiger partial charge in [0.15, 0.2) is 0 Å². The summed E-state index contributed by atoms with van der Waals surface area (Å²) in [5.74, 6) is 0. The minimum atomic E-state index is -0.223. The third-order valence-corrected chi connectivity index (χ3v) is 12.7. The first-order valence-corrected chi connectivity index (χ1v) is 20.8. The number of para-hydroxylation sites is 4. The molecule has 3 nitrogen and oxygen atoms in total. The van der Waals surface area contributed by atoms with E-state index in [1.165, 1.54) is 66.3 Å². The van der Waals surface area contributed by atoms with Crippen molar-refractivity contribution < 1.29 is 4.42 Å². The Hall–Kier alpha value is -7.62. The number of anilines is 3. The highest BCUT2D eigenvalue weighted by molar-refractivity contribution is 6.15. The van der Waals surface area contributed by atoms with Crippen LogP contribution in [0, 0.1) is 0 Å². The summed E-state index contributed by atoms with van der Waals surface area (Å²) in [7, 11) is 0. The molecule has 60 heavy (non-hydrogen) atoms. The van der Waals surface area contributed by atoms with Crippen LogP contribution in [0.2, 0.25) is 0 Å². The van der Waals surface area contributed by atoms with Crippen molar-refractivity contribution in [1.82, 2.24) is 4.57 Å². The summed E-state index contributed by atoms with van der Waals surface area (Å²) >= 11 is 0. The largest absolute Gasteiger partial charge is 0.456 e. The molecule has 0 fully saturated rings. The predicted octanol–water partition coefficient (Wildman–Crippen LogP) is 15.8. The molecule has 12 rings (SSSR count). The lowest BCUT2D eigenvalue weighted by molar-refractivity contribution is 0.662. The highest BCUT2D eigenvalue weighted by Crippen LogP contribution is 2.55. The third kappa shape index (κ3) is 5.15. The predicted molar refractivity (Wildman–Crippen MR) is 251 cm³/mol. The molecule has 0 saturated carbocycles. The molecule has 2 aromatic heterocycles. The van der Waals surface area contributed by atoms with Crippen LogP contribution in [0.3, 0.4) is 0 Å². The second-order valence-electron chi connectivity index (χ2n) is 16.5. The third-order valence-electron chi connectivity index (χ3n) is 12.7. The van der Waals surface area contributed by atoms with Crippen molar-refractivity contribution in [3.05, 3.63) is 217 Å². The van der Waals surface area contributed by atoms with Gasteiger partial charge in [-0.15, -0.1) is 0 Å². The van der Waals surface area contributed by atoms with E-state index in [1.54, 1.807) is 0 Å². The fraction of sp³-hybridized carbons (Fsp3) is 0.0526. The van der Waals surface area contributed by atoms with Crippen molar-refractivity contribution in [2.45, 2.75) is 19.3 Å². The highest BCUT2D eigenvalue weighted by atomic mass is 16.3.